The van der Waals surface area contributed by atoms with Crippen LogP contribution >= 0.6 is 22.6 Å². The van der Waals surface area contributed by atoms with E-state index in [1.807, 2.05) is 0 Å². The molecule has 0 aromatic heterocycles. The number of hydrogen-bond donors (Lipinski definition) is 0. The highest BCUT2D eigenvalue weighted by Gasteiger charge is 2.11. The van der Waals surface area contributed by atoms with Crippen molar-refractivity contribution < 1.29 is 0 Å². The van der Waals surface area contributed by atoms with Crippen molar-refractivity contribution in [2.45, 2.75) is 30.6 Å². The predicted molar refractivity (Wildman–Crippen MR) is 63.7 cm³/mol. The van der Waals surface area contributed by atoms with Crippen molar-refractivity contribution in [2.75, 3.05) is 0 Å². The van der Waals surface area contributed by atoms with Crippen molar-refractivity contribution in [3.05, 3.63) is 35.5 Å². The first-order valence-corrected chi connectivity index (χ1v) is 5.61. The van der Waals surface area contributed by atoms with Gasteiger partial charge in [0.1, 0.15) is 0 Å². The molecule has 1 rings (SSSR count). The van der Waals surface area contributed by atoms with Crippen LogP contribution in [0, 0.1) is 0 Å². The van der Waals surface area contributed by atoms with E-state index >= 15 is 0 Å². The number of alkyl halides is 1. The summed E-state index contributed by atoms with van der Waals surface area (Å²) in [6, 6.07) is 0. The van der Waals surface area contributed by atoms with Gasteiger partial charge in [0, 0.05) is 3.92 Å². The summed E-state index contributed by atoms with van der Waals surface area (Å²) in [4.78, 5) is 0. The predicted octanol–water partition coefficient (Wildman–Crippen LogP) is 4.03. The molecule has 1 atom stereocenters. The monoisotopic (exact) mass is 274 g/mol. The van der Waals surface area contributed by atoms with Gasteiger partial charge in [-0.05, 0) is 36.5 Å². The van der Waals surface area contributed by atoms with Crippen molar-refractivity contribution in [2.24, 2.45) is 0 Å². The zero-order chi connectivity index (χ0) is 9.14. The van der Waals surface area contributed by atoms with Gasteiger partial charge in [-0.2, -0.15) is 0 Å². The van der Waals surface area contributed by atoms with E-state index in [1.54, 1.807) is 0 Å². The van der Waals surface area contributed by atoms with E-state index in [0.29, 0.717) is 3.92 Å². The molecule has 0 radical (unpaired) electrons. The Labute approximate surface area is 88.6 Å². The summed E-state index contributed by atoms with van der Waals surface area (Å²) in [7, 11) is 0. The lowest BCUT2D eigenvalue weighted by atomic mass is 9.92. The molecule has 0 bridgehead atoms. The molecular weight excluding hydrogens is 259 g/mol. The Balaban J connectivity index is 2.81. The van der Waals surface area contributed by atoms with Crippen LogP contribution < -0.4 is 0 Å². The van der Waals surface area contributed by atoms with E-state index in [2.05, 4.69) is 55.2 Å². The topological polar surface area (TPSA) is 0 Å². The normalized spacial score (nSPS) is 23.1. The molecule has 1 unspecified atom stereocenters. The van der Waals surface area contributed by atoms with E-state index in [1.165, 1.54) is 16.7 Å². The van der Waals surface area contributed by atoms with Crippen molar-refractivity contribution in [3.63, 3.8) is 0 Å². The average Bonchev–Trinajstić information content (AvgIpc) is 2.03. The van der Waals surface area contributed by atoms with E-state index in [4.69, 9.17) is 0 Å². The molecule has 66 valence electrons. The Hall–Kier alpha value is -0.0500. The molecule has 0 heterocycles. The quantitative estimate of drug-likeness (QED) is 0.526. The number of rotatable bonds is 2. The highest BCUT2D eigenvalue weighted by atomic mass is 127. The summed E-state index contributed by atoms with van der Waals surface area (Å²) < 4.78 is 0.677. The number of hydrogen-bond acceptors (Lipinski definition) is 0. The number of halogens is 1. The molecule has 0 nitrogen and oxygen atoms in total. The zero-order valence-corrected chi connectivity index (χ0v) is 9.89. The fourth-order valence-electron chi connectivity index (χ4n) is 1.43. The minimum Gasteiger partial charge on any atom is -0.0952 e. The lowest BCUT2D eigenvalue weighted by Crippen LogP contribution is -2.02. The van der Waals surface area contributed by atoms with Gasteiger partial charge in [0.25, 0.3) is 0 Å². The fraction of sp³-hybridized carbons (Fsp3) is 0.455. The van der Waals surface area contributed by atoms with Crippen LogP contribution in [-0.4, -0.2) is 3.92 Å². The molecular formula is C11H15I. The van der Waals surface area contributed by atoms with Gasteiger partial charge in [-0.3, -0.25) is 0 Å². The lowest BCUT2D eigenvalue weighted by Gasteiger charge is -2.17. The smallest absolute Gasteiger partial charge is 0.0330 e. The fourth-order valence-corrected chi connectivity index (χ4v) is 2.23. The Morgan fingerprint density at radius 2 is 2.42 bits per heavy atom. The first kappa shape index (κ1) is 10.0. The van der Waals surface area contributed by atoms with Gasteiger partial charge in [0.2, 0.25) is 0 Å². The van der Waals surface area contributed by atoms with E-state index < -0.39 is 0 Å². The second kappa shape index (κ2) is 4.26. The minimum atomic E-state index is 0.677. The van der Waals surface area contributed by atoms with Gasteiger partial charge in [-0.1, -0.05) is 48.2 Å². The van der Waals surface area contributed by atoms with Gasteiger partial charge < -0.3 is 0 Å². The largest absolute Gasteiger partial charge is 0.0952 e. The van der Waals surface area contributed by atoms with Gasteiger partial charge in [0.15, 0.2) is 0 Å². The highest BCUT2D eigenvalue weighted by Crippen LogP contribution is 2.28. The maximum atomic E-state index is 4.06. The number of allylic oxidation sites excluding steroid dienone is 5. The van der Waals surface area contributed by atoms with Gasteiger partial charge in [0.05, 0.1) is 0 Å². The summed E-state index contributed by atoms with van der Waals surface area (Å²) in [5.41, 5.74) is 4.05. The molecule has 0 saturated heterocycles. The Bertz CT molecular complexity index is 246. The van der Waals surface area contributed by atoms with E-state index in [9.17, 15) is 0 Å². The second-order valence-electron chi connectivity index (χ2n) is 3.18. The maximum absolute atomic E-state index is 4.06. The van der Waals surface area contributed by atoms with Crippen LogP contribution in [-0.2, 0) is 0 Å². The van der Waals surface area contributed by atoms with Crippen LogP contribution in [0.15, 0.2) is 35.5 Å². The maximum Gasteiger partial charge on any atom is 0.0330 e. The first-order chi connectivity index (χ1) is 5.65. The Morgan fingerprint density at radius 1 is 1.75 bits per heavy atom. The average molecular weight is 274 g/mol. The molecule has 0 amide bonds. The summed E-state index contributed by atoms with van der Waals surface area (Å²) >= 11 is 2.47. The van der Waals surface area contributed by atoms with Crippen LogP contribution in [0.1, 0.15) is 26.7 Å². The molecule has 0 aromatic carbocycles. The van der Waals surface area contributed by atoms with Crippen molar-refractivity contribution in [1.29, 1.82) is 0 Å². The van der Waals surface area contributed by atoms with E-state index in [-0.39, 0.29) is 0 Å². The van der Waals surface area contributed by atoms with Crippen molar-refractivity contribution in [3.8, 4) is 0 Å². The summed E-state index contributed by atoms with van der Waals surface area (Å²) in [5.74, 6) is 0. The molecule has 0 fully saturated rings. The standard InChI is InChI=1S/C11H15I/c1-4-8(2)11-6-5-10(12)7-9(11)3/h6-7,10H,2,4-5H2,1,3H3. The molecule has 1 heteroatoms. The van der Waals surface area contributed by atoms with Crippen molar-refractivity contribution in [1.82, 2.24) is 0 Å². The van der Waals surface area contributed by atoms with E-state index in [0.717, 1.165) is 12.8 Å². The molecule has 0 N–H and O–H groups in total. The molecule has 0 aromatic rings. The molecule has 1 aliphatic rings. The Morgan fingerprint density at radius 3 is 2.92 bits per heavy atom. The summed E-state index contributed by atoms with van der Waals surface area (Å²) in [5, 5.41) is 0. The van der Waals surface area contributed by atoms with Crippen LogP contribution in [0.2, 0.25) is 0 Å². The van der Waals surface area contributed by atoms with Crippen LogP contribution in [0.25, 0.3) is 0 Å². The third-order valence-electron chi connectivity index (χ3n) is 2.21. The molecule has 1 aliphatic carbocycles. The second-order valence-corrected chi connectivity index (χ2v) is 4.78. The first-order valence-electron chi connectivity index (χ1n) is 4.36. The minimum absolute atomic E-state index is 0.677. The third kappa shape index (κ3) is 2.22. The molecule has 0 spiro atoms. The summed E-state index contributed by atoms with van der Waals surface area (Å²) in [6.45, 7) is 8.40. The van der Waals surface area contributed by atoms with Crippen molar-refractivity contribution >= 4 is 22.6 Å². The summed E-state index contributed by atoms with van der Waals surface area (Å²) in [6.07, 6.45) is 6.87. The Kier molecular flexibility index (Phi) is 3.56. The highest BCUT2D eigenvalue weighted by molar-refractivity contribution is 14.1. The molecule has 0 aliphatic heterocycles. The SMILES string of the molecule is C=C(CC)C1=CCC(I)C=C1C. The van der Waals surface area contributed by atoms with Crippen LogP contribution in [0.4, 0.5) is 0 Å². The van der Waals surface area contributed by atoms with Gasteiger partial charge in [-0.15, -0.1) is 0 Å². The van der Waals surface area contributed by atoms with Gasteiger partial charge >= 0.3 is 0 Å². The molecule has 0 saturated carbocycles. The zero-order valence-electron chi connectivity index (χ0n) is 7.73. The van der Waals surface area contributed by atoms with Crippen LogP contribution in [0.5, 0.6) is 0 Å². The van der Waals surface area contributed by atoms with Crippen LogP contribution in [0.3, 0.4) is 0 Å². The molecule has 12 heavy (non-hydrogen) atoms. The van der Waals surface area contributed by atoms with Gasteiger partial charge in [-0.25, -0.2) is 0 Å². The third-order valence-corrected chi connectivity index (χ3v) is 3.08. The lowest BCUT2D eigenvalue weighted by molar-refractivity contribution is 1.01.